The third-order valence-electron chi connectivity index (χ3n) is 2.60. The monoisotopic (exact) mass is 230 g/mol. The van der Waals surface area contributed by atoms with Crippen LogP contribution in [0.4, 0.5) is 0 Å². The summed E-state index contributed by atoms with van der Waals surface area (Å²) in [5.41, 5.74) is 2.40. The van der Waals surface area contributed by atoms with E-state index in [0.29, 0.717) is 5.57 Å². The fraction of sp³-hybridized carbons (Fsp3) is 0.267. The molecular formula is C15H18O2. The summed E-state index contributed by atoms with van der Waals surface area (Å²) in [4.78, 5) is 10.9. The lowest BCUT2D eigenvalue weighted by Crippen LogP contribution is -2.00. The fourth-order valence-electron chi connectivity index (χ4n) is 1.56. The Morgan fingerprint density at radius 1 is 1.29 bits per heavy atom. The van der Waals surface area contributed by atoms with E-state index in [2.05, 4.69) is 0 Å². The van der Waals surface area contributed by atoms with Gasteiger partial charge in [-0.15, -0.1) is 0 Å². The van der Waals surface area contributed by atoms with E-state index in [9.17, 15) is 4.79 Å². The summed E-state index contributed by atoms with van der Waals surface area (Å²) in [6.07, 6.45) is 5.60. The predicted octanol–water partition coefficient (Wildman–Crippen LogP) is 3.90. The van der Waals surface area contributed by atoms with Crippen molar-refractivity contribution in [3.05, 3.63) is 53.1 Å². The van der Waals surface area contributed by atoms with Crippen molar-refractivity contribution in [2.75, 3.05) is 0 Å². The van der Waals surface area contributed by atoms with Gasteiger partial charge in [0.05, 0.1) is 0 Å². The van der Waals surface area contributed by atoms with Gasteiger partial charge in [-0.1, -0.05) is 55.8 Å². The number of benzene rings is 1. The third-order valence-corrected chi connectivity index (χ3v) is 2.60. The van der Waals surface area contributed by atoms with Crippen LogP contribution in [-0.2, 0) is 4.79 Å². The maximum atomic E-state index is 10.9. The summed E-state index contributed by atoms with van der Waals surface area (Å²) in [6, 6.07) is 9.88. The summed E-state index contributed by atoms with van der Waals surface area (Å²) >= 11 is 0. The highest BCUT2D eigenvalue weighted by atomic mass is 16.4. The van der Waals surface area contributed by atoms with Crippen molar-refractivity contribution in [1.29, 1.82) is 0 Å². The zero-order valence-electron chi connectivity index (χ0n) is 10.3. The Hall–Kier alpha value is -1.83. The number of rotatable bonds is 5. The minimum atomic E-state index is -0.842. The highest BCUT2D eigenvalue weighted by molar-refractivity contribution is 5.87. The van der Waals surface area contributed by atoms with E-state index in [-0.39, 0.29) is 0 Å². The van der Waals surface area contributed by atoms with Crippen molar-refractivity contribution in [3.63, 3.8) is 0 Å². The van der Waals surface area contributed by atoms with E-state index >= 15 is 0 Å². The number of carboxylic acids is 1. The molecule has 0 spiro atoms. The Kier molecular flexibility index (Phi) is 5.21. The van der Waals surface area contributed by atoms with Crippen LogP contribution in [0.3, 0.4) is 0 Å². The maximum absolute atomic E-state index is 10.9. The van der Waals surface area contributed by atoms with Crippen LogP contribution >= 0.6 is 0 Å². The molecule has 0 saturated carbocycles. The predicted molar refractivity (Wildman–Crippen MR) is 70.7 cm³/mol. The van der Waals surface area contributed by atoms with Gasteiger partial charge in [-0.2, -0.15) is 0 Å². The lowest BCUT2D eigenvalue weighted by Gasteiger charge is -2.03. The molecule has 1 rings (SSSR count). The minimum Gasteiger partial charge on any atom is -0.478 e. The molecule has 0 unspecified atom stereocenters. The van der Waals surface area contributed by atoms with Gasteiger partial charge < -0.3 is 5.11 Å². The Morgan fingerprint density at radius 2 is 1.94 bits per heavy atom. The molecule has 0 bridgehead atoms. The number of hydrogen-bond acceptors (Lipinski definition) is 1. The van der Waals surface area contributed by atoms with Gasteiger partial charge in [-0.25, -0.2) is 4.79 Å². The summed E-state index contributed by atoms with van der Waals surface area (Å²) in [5, 5.41) is 8.98. The average Bonchev–Trinajstić information content (AvgIpc) is 2.34. The van der Waals surface area contributed by atoms with Gasteiger partial charge in [0.2, 0.25) is 0 Å². The molecule has 0 aliphatic rings. The van der Waals surface area contributed by atoms with Crippen LogP contribution in [0.2, 0.25) is 0 Å². The average molecular weight is 230 g/mol. The lowest BCUT2D eigenvalue weighted by atomic mass is 10.0. The van der Waals surface area contributed by atoms with Crippen LogP contribution in [0.5, 0.6) is 0 Å². The Morgan fingerprint density at radius 3 is 2.47 bits per heavy atom. The Labute approximate surface area is 102 Å². The van der Waals surface area contributed by atoms with E-state index in [1.807, 2.05) is 49.4 Å². The number of hydrogen-bond donors (Lipinski definition) is 1. The van der Waals surface area contributed by atoms with Gasteiger partial charge in [0.25, 0.3) is 0 Å². The third kappa shape index (κ3) is 4.27. The second-order valence-corrected chi connectivity index (χ2v) is 3.95. The van der Waals surface area contributed by atoms with Gasteiger partial charge in [0.15, 0.2) is 0 Å². The molecule has 90 valence electrons. The smallest absolute Gasteiger partial charge is 0.331 e. The molecular weight excluding hydrogens is 212 g/mol. The van der Waals surface area contributed by atoms with Gasteiger partial charge in [-0.3, -0.25) is 0 Å². The number of allylic oxidation sites excluding steroid dienone is 2. The van der Waals surface area contributed by atoms with Crippen molar-refractivity contribution >= 4 is 12.0 Å². The molecule has 0 heterocycles. The molecule has 17 heavy (non-hydrogen) atoms. The van der Waals surface area contributed by atoms with Crippen LogP contribution < -0.4 is 0 Å². The van der Waals surface area contributed by atoms with Crippen LogP contribution in [-0.4, -0.2) is 11.1 Å². The molecule has 1 aromatic carbocycles. The normalized spacial score (nSPS) is 12.6. The maximum Gasteiger partial charge on any atom is 0.331 e. The quantitative estimate of drug-likeness (QED) is 0.615. The van der Waals surface area contributed by atoms with E-state index in [4.69, 9.17) is 5.11 Å². The summed E-state index contributed by atoms with van der Waals surface area (Å²) < 4.78 is 0. The first-order valence-electron chi connectivity index (χ1n) is 5.81. The molecule has 0 radical (unpaired) electrons. The molecule has 2 nitrogen and oxygen atoms in total. The molecule has 0 atom stereocenters. The molecule has 0 fully saturated rings. The zero-order valence-corrected chi connectivity index (χ0v) is 10.3. The first-order chi connectivity index (χ1) is 8.15. The first-order valence-corrected chi connectivity index (χ1v) is 5.81. The molecule has 2 heteroatoms. The molecule has 1 aromatic rings. The van der Waals surface area contributed by atoms with Crippen molar-refractivity contribution < 1.29 is 9.90 Å². The summed E-state index contributed by atoms with van der Waals surface area (Å²) in [7, 11) is 0. The largest absolute Gasteiger partial charge is 0.478 e. The molecule has 0 aromatic heterocycles. The Balaban J connectivity index is 2.92. The molecule has 0 saturated heterocycles. The minimum absolute atomic E-state index is 0.430. The molecule has 0 aliphatic heterocycles. The van der Waals surface area contributed by atoms with E-state index in [1.165, 1.54) is 0 Å². The van der Waals surface area contributed by atoms with Gasteiger partial charge in [0, 0.05) is 5.57 Å². The first kappa shape index (κ1) is 13.2. The van der Waals surface area contributed by atoms with E-state index in [0.717, 1.165) is 24.0 Å². The van der Waals surface area contributed by atoms with E-state index in [1.54, 1.807) is 6.92 Å². The van der Waals surface area contributed by atoms with Crippen LogP contribution in [0, 0.1) is 0 Å². The summed E-state index contributed by atoms with van der Waals surface area (Å²) in [6.45, 7) is 3.70. The second-order valence-electron chi connectivity index (χ2n) is 3.95. The van der Waals surface area contributed by atoms with Crippen molar-refractivity contribution in [3.8, 4) is 0 Å². The van der Waals surface area contributed by atoms with Crippen LogP contribution in [0.15, 0.2) is 47.6 Å². The Bertz CT molecular complexity index is 427. The van der Waals surface area contributed by atoms with Gasteiger partial charge >= 0.3 is 5.97 Å². The van der Waals surface area contributed by atoms with Crippen molar-refractivity contribution in [2.24, 2.45) is 0 Å². The van der Waals surface area contributed by atoms with Crippen molar-refractivity contribution in [2.45, 2.75) is 26.7 Å². The van der Waals surface area contributed by atoms with Gasteiger partial charge in [0.1, 0.15) is 0 Å². The van der Waals surface area contributed by atoms with Crippen LogP contribution in [0.25, 0.3) is 6.08 Å². The highest BCUT2D eigenvalue weighted by Gasteiger charge is 2.05. The standard InChI is InChI=1S/C15H18O2/c1-3-7-14(12(2)15(16)17)11-10-13-8-5-4-6-9-13/h4-6,8-11H,3,7H2,1-2H3,(H,16,17). The number of aliphatic carboxylic acids is 1. The topological polar surface area (TPSA) is 37.3 Å². The lowest BCUT2D eigenvalue weighted by molar-refractivity contribution is -0.132. The fourth-order valence-corrected chi connectivity index (χ4v) is 1.56. The SMILES string of the molecule is CCCC(C=Cc1ccccc1)=C(C)C(=O)O. The van der Waals surface area contributed by atoms with E-state index < -0.39 is 5.97 Å². The molecule has 0 amide bonds. The number of carbonyl (C=O) groups is 1. The molecule has 1 N–H and O–H groups in total. The highest BCUT2D eigenvalue weighted by Crippen LogP contribution is 2.15. The van der Waals surface area contributed by atoms with Crippen molar-refractivity contribution in [1.82, 2.24) is 0 Å². The van der Waals surface area contributed by atoms with Gasteiger partial charge in [-0.05, 0) is 24.5 Å². The zero-order chi connectivity index (χ0) is 12.7. The van der Waals surface area contributed by atoms with Crippen LogP contribution in [0.1, 0.15) is 32.3 Å². The molecule has 0 aliphatic carbocycles. The second kappa shape index (κ2) is 6.69. The summed E-state index contributed by atoms with van der Waals surface area (Å²) in [5.74, 6) is -0.842. The number of carboxylic acid groups (broad SMARTS) is 1.